The topological polar surface area (TPSA) is 38.9 Å². The molecular weight excluding hydrogens is 208 g/mol. The summed E-state index contributed by atoms with van der Waals surface area (Å²) < 4.78 is 0. The first-order valence-electron chi connectivity index (χ1n) is 5.99. The molecule has 2 rings (SSSR count). The molecule has 0 aliphatic rings. The Morgan fingerprint density at radius 2 is 1.82 bits per heavy atom. The van der Waals surface area contributed by atoms with Gasteiger partial charge in [-0.15, -0.1) is 0 Å². The summed E-state index contributed by atoms with van der Waals surface area (Å²) in [6.07, 6.45) is 1.93. The summed E-state index contributed by atoms with van der Waals surface area (Å²) in [7, 11) is 0. The Balaban J connectivity index is 1.96. The van der Waals surface area contributed by atoms with Crippen LogP contribution in [0.5, 0.6) is 0 Å². The maximum atomic E-state index is 6.15. The fourth-order valence-corrected chi connectivity index (χ4v) is 1.89. The third kappa shape index (κ3) is 3.40. The quantitative estimate of drug-likeness (QED) is 0.870. The smallest absolute Gasteiger partial charge is 0.0574 e. The molecule has 0 saturated heterocycles. The van der Waals surface area contributed by atoms with E-state index >= 15 is 0 Å². The monoisotopic (exact) mass is 226 g/mol. The number of rotatable bonds is 4. The third-order valence-electron chi connectivity index (χ3n) is 2.88. The first-order valence-corrected chi connectivity index (χ1v) is 5.99. The minimum Gasteiger partial charge on any atom is -0.323 e. The van der Waals surface area contributed by atoms with Gasteiger partial charge in [0.15, 0.2) is 0 Å². The Kier molecular flexibility index (Phi) is 3.89. The maximum Gasteiger partial charge on any atom is 0.0574 e. The number of nitrogens with zero attached hydrogens (tertiary/aromatic N) is 1. The van der Waals surface area contributed by atoms with Gasteiger partial charge < -0.3 is 5.73 Å². The number of nitrogens with two attached hydrogens (primary N) is 1. The van der Waals surface area contributed by atoms with Gasteiger partial charge in [0.1, 0.15) is 0 Å². The van der Waals surface area contributed by atoms with Gasteiger partial charge >= 0.3 is 0 Å². The molecule has 88 valence electrons. The largest absolute Gasteiger partial charge is 0.323 e. The van der Waals surface area contributed by atoms with E-state index in [0.29, 0.717) is 0 Å². The standard InChI is InChI=1S/C15H18N2/c1-12-6-5-9-15(17-12)14(16)11-10-13-7-3-2-4-8-13/h2-9,14H,10-11,16H2,1H3. The second kappa shape index (κ2) is 5.60. The second-order valence-corrected chi connectivity index (χ2v) is 4.33. The van der Waals surface area contributed by atoms with E-state index < -0.39 is 0 Å². The summed E-state index contributed by atoms with van der Waals surface area (Å²) >= 11 is 0. The molecule has 0 aliphatic carbocycles. The zero-order valence-electron chi connectivity index (χ0n) is 10.1. The van der Waals surface area contributed by atoms with Crippen molar-refractivity contribution >= 4 is 0 Å². The van der Waals surface area contributed by atoms with Crippen molar-refractivity contribution in [3.05, 3.63) is 65.5 Å². The van der Waals surface area contributed by atoms with Crippen molar-refractivity contribution in [3.63, 3.8) is 0 Å². The normalized spacial score (nSPS) is 12.4. The van der Waals surface area contributed by atoms with E-state index in [4.69, 9.17) is 5.73 Å². The van der Waals surface area contributed by atoms with Crippen LogP contribution in [0.15, 0.2) is 48.5 Å². The van der Waals surface area contributed by atoms with Crippen molar-refractivity contribution in [2.75, 3.05) is 0 Å². The number of benzene rings is 1. The molecule has 2 N–H and O–H groups in total. The van der Waals surface area contributed by atoms with E-state index in [1.807, 2.05) is 31.2 Å². The molecule has 0 bridgehead atoms. The van der Waals surface area contributed by atoms with Gasteiger partial charge in [-0.3, -0.25) is 4.98 Å². The maximum absolute atomic E-state index is 6.15. The van der Waals surface area contributed by atoms with Crippen LogP contribution in [0, 0.1) is 6.92 Å². The number of aromatic nitrogens is 1. The van der Waals surface area contributed by atoms with Gasteiger partial charge in [-0.2, -0.15) is 0 Å². The zero-order valence-corrected chi connectivity index (χ0v) is 10.1. The van der Waals surface area contributed by atoms with Gasteiger partial charge in [0.25, 0.3) is 0 Å². The Hall–Kier alpha value is -1.67. The number of hydrogen-bond acceptors (Lipinski definition) is 2. The molecule has 0 amide bonds. The molecule has 17 heavy (non-hydrogen) atoms. The van der Waals surface area contributed by atoms with Crippen LogP contribution >= 0.6 is 0 Å². The summed E-state index contributed by atoms with van der Waals surface area (Å²) in [5.74, 6) is 0. The fourth-order valence-electron chi connectivity index (χ4n) is 1.89. The summed E-state index contributed by atoms with van der Waals surface area (Å²) in [4.78, 5) is 4.46. The highest BCUT2D eigenvalue weighted by atomic mass is 14.8. The predicted octanol–water partition coefficient (Wildman–Crippen LogP) is 3.02. The first kappa shape index (κ1) is 11.8. The Morgan fingerprint density at radius 3 is 2.53 bits per heavy atom. The molecule has 0 saturated carbocycles. The number of aryl methyl sites for hydroxylation is 2. The lowest BCUT2D eigenvalue weighted by atomic mass is 10.0. The lowest BCUT2D eigenvalue weighted by Crippen LogP contribution is -2.13. The second-order valence-electron chi connectivity index (χ2n) is 4.33. The molecule has 1 atom stereocenters. The summed E-state index contributed by atoms with van der Waals surface area (Å²) in [6.45, 7) is 1.99. The van der Waals surface area contributed by atoms with Crippen LogP contribution in [-0.2, 0) is 6.42 Å². The van der Waals surface area contributed by atoms with Crippen LogP contribution in [0.1, 0.15) is 29.4 Å². The molecule has 0 radical (unpaired) electrons. The van der Waals surface area contributed by atoms with Crippen LogP contribution in [0.3, 0.4) is 0 Å². The number of pyridine rings is 1. The van der Waals surface area contributed by atoms with Crippen molar-refractivity contribution < 1.29 is 0 Å². The fraction of sp³-hybridized carbons (Fsp3) is 0.267. The number of hydrogen-bond donors (Lipinski definition) is 1. The van der Waals surface area contributed by atoms with Gasteiger partial charge in [0, 0.05) is 11.7 Å². The molecule has 1 aromatic heterocycles. The van der Waals surface area contributed by atoms with Gasteiger partial charge in [-0.25, -0.2) is 0 Å². The van der Waals surface area contributed by atoms with Gasteiger partial charge in [-0.05, 0) is 37.5 Å². The lowest BCUT2D eigenvalue weighted by molar-refractivity contribution is 0.631. The van der Waals surface area contributed by atoms with E-state index in [1.54, 1.807) is 0 Å². The summed E-state index contributed by atoms with van der Waals surface area (Å²) in [6, 6.07) is 16.5. The first-order chi connectivity index (χ1) is 8.25. The van der Waals surface area contributed by atoms with Gasteiger partial charge in [0.05, 0.1) is 5.69 Å². The van der Waals surface area contributed by atoms with Crippen molar-refractivity contribution in [1.82, 2.24) is 4.98 Å². The van der Waals surface area contributed by atoms with Crippen LogP contribution < -0.4 is 5.73 Å². The molecule has 2 heteroatoms. The SMILES string of the molecule is Cc1cccc(C(N)CCc2ccccc2)n1. The molecule has 2 nitrogen and oxygen atoms in total. The lowest BCUT2D eigenvalue weighted by Gasteiger charge is -2.11. The summed E-state index contributed by atoms with van der Waals surface area (Å²) in [5.41, 5.74) is 9.49. The Bertz CT molecular complexity index is 465. The van der Waals surface area contributed by atoms with Crippen LogP contribution in [-0.4, -0.2) is 4.98 Å². The Labute approximate surface area is 103 Å². The minimum atomic E-state index is 0.0232. The molecule has 1 unspecified atom stereocenters. The van der Waals surface area contributed by atoms with E-state index in [0.717, 1.165) is 24.2 Å². The average molecular weight is 226 g/mol. The van der Waals surface area contributed by atoms with Crippen LogP contribution in [0.2, 0.25) is 0 Å². The summed E-state index contributed by atoms with van der Waals surface area (Å²) in [5, 5.41) is 0. The van der Waals surface area contributed by atoms with Crippen molar-refractivity contribution in [2.45, 2.75) is 25.8 Å². The Morgan fingerprint density at radius 1 is 1.06 bits per heavy atom. The van der Waals surface area contributed by atoms with E-state index in [-0.39, 0.29) is 6.04 Å². The van der Waals surface area contributed by atoms with Crippen LogP contribution in [0.25, 0.3) is 0 Å². The molecule has 1 aromatic carbocycles. The molecule has 1 heterocycles. The highest BCUT2D eigenvalue weighted by Gasteiger charge is 2.07. The van der Waals surface area contributed by atoms with E-state index in [9.17, 15) is 0 Å². The molecule has 0 spiro atoms. The zero-order chi connectivity index (χ0) is 12.1. The average Bonchev–Trinajstić information content (AvgIpc) is 2.37. The van der Waals surface area contributed by atoms with Crippen molar-refractivity contribution in [2.24, 2.45) is 5.73 Å². The van der Waals surface area contributed by atoms with E-state index in [1.165, 1.54) is 5.56 Å². The van der Waals surface area contributed by atoms with Crippen molar-refractivity contribution in [3.8, 4) is 0 Å². The molecular formula is C15H18N2. The van der Waals surface area contributed by atoms with E-state index in [2.05, 4.69) is 29.2 Å². The van der Waals surface area contributed by atoms with Crippen molar-refractivity contribution in [1.29, 1.82) is 0 Å². The highest BCUT2D eigenvalue weighted by molar-refractivity contribution is 5.17. The third-order valence-corrected chi connectivity index (χ3v) is 2.88. The van der Waals surface area contributed by atoms with Crippen LogP contribution in [0.4, 0.5) is 0 Å². The minimum absolute atomic E-state index is 0.0232. The highest BCUT2D eigenvalue weighted by Crippen LogP contribution is 2.15. The predicted molar refractivity (Wildman–Crippen MR) is 70.7 cm³/mol. The van der Waals surface area contributed by atoms with Gasteiger partial charge in [0.2, 0.25) is 0 Å². The van der Waals surface area contributed by atoms with Gasteiger partial charge in [-0.1, -0.05) is 36.4 Å². The molecule has 0 aliphatic heterocycles. The molecule has 0 fully saturated rings. The molecule has 2 aromatic rings.